The Labute approximate surface area is 145 Å². The predicted molar refractivity (Wildman–Crippen MR) is 95.6 cm³/mol. The van der Waals surface area contributed by atoms with Crippen molar-refractivity contribution in [3.05, 3.63) is 60.1 Å². The zero-order valence-electron chi connectivity index (χ0n) is 11.1. The van der Waals surface area contributed by atoms with Crippen LogP contribution in [0.5, 0.6) is 5.75 Å². The fraction of sp³-hybridized carbons (Fsp3) is 0.200. The summed E-state index contributed by atoms with van der Waals surface area (Å²) in [5.41, 5.74) is 9.37. The topological polar surface area (TPSA) is 35.2 Å². The number of aryl methyl sites for hydroxylation is 1. The molecule has 0 aromatic heterocycles. The molecule has 2 N–H and O–H groups in total. The average molecular weight is 467 g/mol. The van der Waals surface area contributed by atoms with Gasteiger partial charge in [-0.15, -0.1) is 0 Å². The van der Waals surface area contributed by atoms with Crippen LogP contribution < -0.4 is 10.5 Å². The summed E-state index contributed by atoms with van der Waals surface area (Å²) < 4.78 is 7.47. The van der Waals surface area contributed by atoms with Crippen LogP contribution in [0.1, 0.15) is 22.7 Å². The molecule has 0 fully saturated rings. The molecular weight excluding hydrogens is 452 g/mol. The highest BCUT2D eigenvalue weighted by atomic mass is 127. The normalized spacial score (nSPS) is 12.3. The third-order valence-corrected chi connectivity index (χ3v) is 5.58. The third kappa shape index (κ3) is 3.30. The molecule has 106 valence electrons. The van der Waals surface area contributed by atoms with Crippen molar-refractivity contribution in [2.75, 3.05) is 7.11 Å². The van der Waals surface area contributed by atoms with Crippen molar-refractivity contribution in [1.82, 2.24) is 0 Å². The molecule has 0 saturated carbocycles. The van der Waals surface area contributed by atoms with Crippen molar-refractivity contribution >= 4 is 50.1 Å². The summed E-state index contributed by atoms with van der Waals surface area (Å²) in [5.74, 6) is 0.785. The van der Waals surface area contributed by atoms with Crippen molar-refractivity contribution in [1.29, 1.82) is 0 Å². The number of methoxy groups -OCH3 is 1. The summed E-state index contributed by atoms with van der Waals surface area (Å²) >= 11 is 11.9. The molecule has 5 heteroatoms. The third-order valence-electron chi connectivity index (χ3n) is 3.15. The molecule has 2 nitrogen and oxygen atoms in total. The summed E-state index contributed by atoms with van der Waals surface area (Å²) in [6.07, 6.45) is 0. The second-order valence-corrected chi connectivity index (χ2v) is 6.92. The molecule has 2 rings (SSSR count). The van der Waals surface area contributed by atoms with Gasteiger partial charge in [-0.2, -0.15) is 0 Å². The molecule has 0 spiro atoms. The van der Waals surface area contributed by atoms with Crippen LogP contribution in [0.4, 0.5) is 0 Å². The van der Waals surface area contributed by atoms with Gasteiger partial charge in [0.25, 0.3) is 0 Å². The minimum Gasteiger partial charge on any atom is -0.496 e. The highest BCUT2D eigenvalue weighted by Crippen LogP contribution is 2.34. The number of benzene rings is 2. The first-order valence-corrected chi connectivity index (χ1v) is 8.23. The maximum atomic E-state index is 6.37. The van der Waals surface area contributed by atoms with Crippen molar-refractivity contribution in [2.24, 2.45) is 5.73 Å². The lowest BCUT2D eigenvalue weighted by molar-refractivity contribution is 0.407. The largest absolute Gasteiger partial charge is 0.496 e. The predicted octanol–water partition coefficient (Wildman–Crippen LogP) is 5.07. The van der Waals surface area contributed by atoms with Gasteiger partial charge in [0.2, 0.25) is 0 Å². The molecule has 0 saturated heterocycles. The molecule has 0 amide bonds. The second-order valence-electron chi connectivity index (χ2n) is 4.49. The van der Waals surface area contributed by atoms with Gasteiger partial charge >= 0.3 is 0 Å². The van der Waals surface area contributed by atoms with E-state index in [9.17, 15) is 0 Å². The number of ether oxygens (including phenoxy) is 1. The Bertz CT molecular complexity index is 648. The first-order valence-electron chi connectivity index (χ1n) is 5.98. The summed E-state index contributed by atoms with van der Waals surface area (Å²) in [5, 5.41) is 0.712. The molecule has 1 atom stereocenters. The quantitative estimate of drug-likeness (QED) is 0.641. The van der Waals surface area contributed by atoms with Gasteiger partial charge in [-0.25, -0.2) is 0 Å². The maximum Gasteiger partial charge on any atom is 0.124 e. The van der Waals surface area contributed by atoms with Gasteiger partial charge < -0.3 is 10.5 Å². The fourth-order valence-electron chi connectivity index (χ4n) is 1.98. The van der Waals surface area contributed by atoms with Gasteiger partial charge in [0.15, 0.2) is 0 Å². The van der Waals surface area contributed by atoms with Gasteiger partial charge in [0, 0.05) is 13.6 Å². The minimum absolute atomic E-state index is 0.281. The van der Waals surface area contributed by atoms with Crippen LogP contribution in [0.25, 0.3) is 0 Å². The first kappa shape index (κ1) is 16.1. The second kappa shape index (κ2) is 6.64. The Morgan fingerprint density at radius 3 is 2.60 bits per heavy atom. The lowest BCUT2D eigenvalue weighted by Gasteiger charge is -2.18. The van der Waals surface area contributed by atoms with Gasteiger partial charge in [0.1, 0.15) is 5.75 Å². The zero-order valence-corrected chi connectivity index (χ0v) is 15.6. The van der Waals surface area contributed by atoms with Crippen LogP contribution in [0.3, 0.4) is 0 Å². The molecule has 0 bridgehead atoms. The van der Waals surface area contributed by atoms with Crippen LogP contribution in [0.2, 0.25) is 5.02 Å². The molecule has 0 aliphatic heterocycles. The molecule has 0 radical (unpaired) electrons. The molecule has 1 unspecified atom stereocenters. The van der Waals surface area contributed by atoms with Crippen LogP contribution in [0, 0.1) is 10.5 Å². The number of halogens is 3. The number of hydrogen-bond acceptors (Lipinski definition) is 2. The van der Waals surface area contributed by atoms with Crippen molar-refractivity contribution in [2.45, 2.75) is 13.0 Å². The van der Waals surface area contributed by atoms with E-state index in [0.717, 1.165) is 30.5 Å². The standard InChI is InChI=1S/C15H14BrClINO/c1-8-5-14(20-2)10(7-11(8)16)15(19)9-3-4-13(18)12(17)6-9/h3-7,15H,19H2,1-2H3. The summed E-state index contributed by atoms with van der Waals surface area (Å²) in [4.78, 5) is 0. The van der Waals surface area contributed by atoms with E-state index in [-0.39, 0.29) is 6.04 Å². The van der Waals surface area contributed by atoms with Gasteiger partial charge in [0.05, 0.1) is 18.2 Å². The lowest BCUT2D eigenvalue weighted by atomic mass is 9.97. The van der Waals surface area contributed by atoms with E-state index < -0.39 is 0 Å². The van der Waals surface area contributed by atoms with E-state index in [1.54, 1.807) is 7.11 Å². The van der Waals surface area contributed by atoms with Gasteiger partial charge in [-0.05, 0) is 64.9 Å². The van der Waals surface area contributed by atoms with E-state index in [1.807, 2.05) is 37.3 Å². The number of rotatable bonds is 3. The molecule has 0 heterocycles. The summed E-state index contributed by atoms with van der Waals surface area (Å²) in [6, 6.07) is 9.56. The molecule has 20 heavy (non-hydrogen) atoms. The van der Waals surface area contributed by atoms with Crippen molar-refractivity contribution in [3.8, 4) is 5.75 Å². The molecule has 0 aliphatic carbocycles. The highest BCUT2D eigenvalue weighted by Gasteiger charge is 2.16. The Hall–Kier alpha value is -0.300. The average Bonchev–Trinajstić information content (AvgIpc) is 2.43. The Morgan fingerprint density at radius 1 is 1.30 bits per heavy atom. The van der Waals surface area contributed by atoms with Crippen LogP contribution in [0.15, 0.2) is 34.8 Å². The monoisotopic (exact) mass is 465 g/mol. The van der Waals surface area contributed by atoms with Crippen LogP contribution >= 0.6 is 50.1 Å². The smallest absolute Gasteiger partial charge is 0.124 e. The summed E-state index contributed by atoms with van der Waals surface area (Å²) in [6.45, 7) is 2.02. The molecule has 0 aliphatic rings. The van der Waals surface area contributed by atoms with Crippen molar-refractivity contribution < 1.29 is 4.74 Å². The Kier molecular flexibility index (Phi) is 5.34. The maximum absolute atomic E-state index is 6.37. The number of hydrogen-bond donors (Lipinski definition) is 1. The Morgan fingerprint density at radius 2 is 2.00 bits per heavy atom. The summed E-state index contributed by atoms with van der Waals surface area (Å²) in [7, 11) is 1.65. The van der Waals surface area contributed by atoms with Crippen molar-refractivity contribution in [3.63, 3.8) is 0 Å². The fourth-order valence-corrected chi connectivity index (χ4v) is 2.86. The van der Waals surface area contributed by atoms with E-state index in [1.165, 1.54) is 0 Å². The molecule has 2 aromatic rings. The van der Waals surface area contributed by atoms with E-state index >= 15 is 0 Å². The number of nitrogens with two attached hydrogens (primary N) is 1. The highest BCUT2D eigenvalue weighted by molar-refractivity contribution is 14.1. The molecule has 2 aromatic carbocycles. The SMILES string of the molecule is COc1cc(C)c(Br)cc1C(N)c1ccc(I)c(Cl)c1. The zero-order chi connectivity index (χ0) is 14.9. The first-order chi connectivity index (χ1) is 9.43. The Balaban J connectivity index is 2.49. The van der Waals surface area contributed by atoms with E-state index in [4.69, 9.17) is 22.1 Å². The van der Waals surface area contributed by atoms with Gasteiger partial charge in [-0.3, -0.25) is 0 Å². The minimum atomic E-state index is -0.281. The van der Waals surface area contributed by atoms with Gasteiger partial charge in [-0.1, -0.05) is 33.6 Å². The van der Waals surface area contributed by atoms with Crippen LogP contribution in [-0.4, -0.2) is 7.11 Å². The van der Waals surface area contributed by atoms with E-state index in [2.05, 4.69) is 38.5 Å². The lowest BCUT2D eigenvalue weighted by Crippen LogP contribution is -2.13. The van der Waals surface area contributed by atoms with Crippen LogP contribution in [-0.2, 0) is 0 Å². The molecular formula is C15H14BrClINO. The van der Waals surface area contributed by atoms with E-state index in [0.29, 0.717) is 5.02 Å².